The Bertz CT molecular complexity index is 1240. The molecule has 160 valence electrons. The second kappa shape index (κ2) is 9.57. The monoisotopic (exact) mass is 428 g/mol. The summed E-state index contributed by atoms with van der Waals surface area (Å²) in [6.07, 6.45) is 1.63. The first-order chi connectivity index (χ1) is 15.6. The average molecular weight is 428 g/mol. The van der Waals surface area contributed by atoms with Crippen LogP contribution in [0.5, 0.6) is 0 Å². The standard InChI is InChI=1S/C24H20N4O4/c29-23(26-15-14-25-20-12-6-7-13-21(20)28(30)31)18-10-4-5-11-19(18)24-27-16-22(32-24)17-8-2-1-3-9-17/h1-13,16,25H,14-15H2,(H,26,29). The van der Waals surface area contributed by atoms with Gasteiger partial charge < -0.3 is 15.1 Å². The Morgan fingerprint density at radius 2 is 1.66 bits per heavy atom. The van der Waals surface area contributed by atoms with Crippen LogP contribution in [0.1, 0.15) is 10.4 Å². The van der Waals surface area contributed by atoms with E-state index in [-0.39, 0.29) is 18.1 Å². The normalized spacial score (nSPS) is 10.5. The summed E-state index contributed by atoms with van der Waals surface area (Å²) < 4.78 is 5.90. The number of carbonyl (C=O) groups is 1. The van der Waals surface area contributed by atoms with E-state index in [0.717, 1.165) is 5.56 Å². The minimum absolute atomic E-state index is 0.0118. The smallest absolute Gasteiger partial charge is 0.292 e. The summed E-state index contributed by atoms with van der Waals surface area (Å²) in [6.45, 7) is 0.607. The largest absolute Gasteiger partial charge is 0.436 e. The number of hydrogen-bond acceptors (Lipinski definition) is 6. The molecule has 0 aliphatic heterocycles. The fraction of sp³-hybridized carbons (Fsp3) is 0.0833. The van der Waals surface area contributed by atoms with Crippen molar-refractivity contribution in [3.05, 3.63) is 101 Å². The molecule has 0 fully saturated rings. The Labute approximate surface area is 184 Å². The lowest BCUT2D eigenvalue weighted by Gasteiger charge is -2.10. The molecule has 1 amide bonds. The number of amides is 1. The number of nitrogens with zero attached hydrogens (tertiary/aromatic N) is 2. The van der Waals surface area contributed by atoms with Crippen molar-refractivity contribution in [2.75, 3.05) is 18.4 Å². The van der Waals surface area contributed by atoms with Crippen LogP contribution in [0.25, 0.3) is 22.8 Å². The maximum absolute atomic E-state index is 12.8. The molecule has 32 heavy (non-hydrogen) atoms. The number of nitro groups is 1. The van der Waals surface area contributed by atoms with Gasteiger partial charge in [-0.3, -0.25) is 14.9 Å². The van der Waals surface area contributed by atoms with Crippen molar-refractivity contribution >= 4 is 17.3 Å². The van der Waals surface area contributed by atoms with E-state index < -0.39 is 4.92 Å². The number of para-hydroxylation sites is 2. The molecule has 0 unspecified atom stereocenters. The molecule has 8 heteroatoms. The van der Waals surface area contributed by atoms with Gasteiger partial charge >= 0.3 is 0 Å². The number of rotatable bonds is 8. The Morgan fingerprint density at radius 1 is 0.938 bits per heavy atom. The molecule has 0 saturated heterocycles. The van der Waals surface area contributed by atoms with Crippen LogP contribution in [0.15, 0.2) is 89.5 Å². The molecule has 0 aliphatic carbocycles. The van der Waals surface area contributed by atoms with Gasteiger partial charge in [0.2, 0.25) is 5.89 Å². The van der Waals surface area contributed by atoms with Crippen molar-refractivity contribution < 1.29 is 14.1 Å². The molecule has 0 bridgehead atoms. The summed E-state index contributed by atoms with van der Waals surface area (Å²) in [6, 6.07) is 23.0. The summed E-state index contributed by atoms with van der Waals surface area (Å²) in [4.78, 5) is 27.8. The second-order valence-corrected chi connectivity index (χ2v) is 6.90. The van der Waals surface area contributed by atoms with Crippen LogP contribution in [-0.4, -0.2) is 28.9 Å². The van der Waals surface area contributed by atoms with Gasteiger partial charge in [-0.15, -0.1) is 0 Å². The molecule has 4 aromatic rings. The van der Waals surface area contributed by atoms with Gasteiger partial charge in [-0.05, 0) is 18.2 Å². The Hall–Kier alpha value is -4.46. The maximum Gasteiger partial charge on any atom is 0.292 e. The van der Waals surface area contributed by atoms with Crippen LogP contribution >= 0.6 is 0 Å². The minimum Gasteiger partial charge on any atom is -0.436 e. The zero-order valence-electron chi connectivity index (χ0n) is 17.0. The van der Waals surface area contributed by atoms with E-state index in [1.54, 1.807) is 42.6 Å². The number of hydrogen-bond donors (Lipinski definition) is 2. The molecule has 4 rings (SSSR count). The van der Waals surface area contributed by atoms with E-state index in [1.165, 1.54) is 6.07 Å². The van der Waals surface area contributed by atoms with Crippen LogP contribution in [-0.2, 0) is 0 Å². The van der Waals surface area contributed by atoms with Crippen molar-refractivity contribution in [1.29, 1.82) is 0 Å². The Kier molecular flexibility index (Phi) is 6.22. The van der Waals surface area contributed by atoms with Crippen LogP contribution in [0.3, 0.4) is 0 Å². The number of anilines is 1. The van der Waals surface area contributed by atoms with Crippen LogP contribution in [0.4, 0.5) is 11.4 Å². The number of nitro benzene ring substituents is 1. The topological polar surface area (TPSA) is 110 Å². The molecule has 8 nitrogen and oxygen atoms in total. The number of oxazole rings is 1. The fourth-order valence-electron chi connectivity index (χ4n) is 3.25. The number of nitrogens with one attached hydrogen (secondary N) is 2. The zero-order valence-corrected chi connectivity index (χ0v) is 17.0. The van der Waals surface area contributed by atoms with Crippen molar-refractivity contribution in [2.24, 2.45) is 0 Å². The molecule has 2 N–H and O–H groups in total. The van der Waals surface area contributed by atoms with Crippen molar-refractivity contribution in [3.63, 3.8) is 0 Å². The van der Waals surface area contributed by atoms with Gasteiger partial charge in [0.15, 0.2) is 5.76 Å². The maximum atomic E-state index is 12.8. The highest BCUT2D eigenvalue weighted by molar-refractivity contribution is 6.00. The van der Waals surface area contributed by atoms with Crippen molar-refractivity contribution in [3.8, 4) is 22.8 Å². The Morgan fingerprint density at radius 3 is 2.47 bits per heavy atom. The van der Waals surface area contributed by atoms with E-state index in [1.807, 2.05) is 36.4 Å². The van der Waals surface area contributed by atoms with E-state index in [0.29, 0.717) is 35.0 Å². The fourth-order valence-corrected chi connectivity index (χ4v) is 3.25. The average Bonchev–Trinajstić information content (AvgIpc) is 3.33. The predicted molar refractivity (Wildman–Crippen MR) is 121 cm³/mol. The molecule has 3 aromatic carbocycles. The third-order valence-corrected chi connectivity index (χ3v) is 4.79. The third-order valence-electron chi connectivity index (χ3n) is 4.79. The highest BCUT2D eigenvalue weighted by Gasteiger charge is 2.17. The van der Waals surface area contributed by atoms with Gasteiger partial charge in [0.25, 0.3) is 11.6 Å². The molecule has 0 radical (unpaired) electrons. The van der Waals surface area contributed by atoms with Crippen LogP contribution < -0.4 is 10.6 Å². The highest BCUT2D eigenvalue weighted by atomic mass is 16.6. The Balaban J connectivity index is 1.43. The molecule has 1 heterocycles. The first-order valence-corrected chi connectivity index (χ1v) is 9.99. The van der Waals surface area contributed by atoms with Crippen LogP contribution in [0.2, 0.25) is 0 Å². The lowest BCUT2D eigenvalue weighted by molar-refractivity contribution is -0.384. The molecule has 0 spiro atoms. The van der Waals surface area contributed by atoms with Gasteiger partial charge in [0.1, 0.15) is 5.69 Å². The van der Waals surface area contributed by atoms with Gasteiger partial charge in [0.05, 0.1) is 16.7 Å². The SMILES string of the molecule is O=C(NCCNc1ccccc1[N+](=O)[O-])c1ccccc1-c1ncc(-c2ccccc2)o1. The second-order valence-electron chi connectivity index (χ2n) is 6.90. The summed E-state index contributed by atoms with van der Waals surface area (Å²) in [5.41, 5.74) is 2.30. The quantitative estimate of drug-likeness (QED) is 0.238. The number of carbonyl (C=O) groups excluding carboxylic acids is 1. The van der Waals surface area contributed by atoms with Crippen molar-refractivity contribution in [2.45, 2.75) is 0 Å². The third kappa shape index (κ3) is 4.65. The highest BCUT2D eigenvalue weighted by Crippen LogP contribution is 2.28. The van der Waals surface area contributed by atoms with Crippen molar-refractivity contribution in [1.82, 2.24) is 10.3 Å². The first kappa shape index (κ1) is 20.8. The first-order valence-electron chi connectivity index (χ1n) is 9.99. The van der Waals surface area contributed by atoms with Crippen LogP contribution in [0, 0.1) is 10.1 Å². The zero-order chi connectivity index (χ0) is 22.3. The predicted octanol–water partition coefficient (Wildman–Crippen LogP) is 4.76. The van der Waals surface area contributed by atoms with E-state index >= 15 is 0 Å². The van der Waals surface area contributed by atoms with Gasteiger partial charge in [-0.1, -0.05) is 54.6 Å². The molecule has 0 atom stereocenters. The van der Waals surface area contributed by atoms with E-state index in [4.69, 9.17) is 4.42 Å². The van der Waals surface area contributed by atoms with E-state index in [2.05, 4.69) is 15.6 Å². The molecule has 0 aliphatic rings. The molecule has 1 aromatic heterocycles. The summed E-state index contributed by atoms with van der Waals surface area (Å²) in [5, 5.41) is 16.9. The minimum atomic E-state index is -0.447. The number of benzene rings is 3. The molecular formula is C24H20N4O4. The van der Waals surface area contributed by atoms with E-state index in [9.17, 15) is 14.9 Å². The van der Waals surface area contributed by atoms with Gasteiger partial charge in [0, 0.05) is 30.3 Å². The number of aromatic nitrogens is 1. The summed E-state index contributed by atoms with van der Waals surface area (Å²) >= 11 is 0. The van der Waals surface area contributed by atoms with Gasteiger partial charge in [-0.2, -0.15) is 0 Å². The lowest BCUT2D eigenvalue weighted by atomic mass is 10.1. The van der Waals surface area contributed by atoms with Gasteiger partial charge in [-0.25, -0.2) is 4.98 Å². The molecule has 0 saturated carbocycles. The lowest BCUT2D eigenvalue weighted by Crippen LogP contribution is -2.29. The summed E-state index contributed by atoms with van der Waals surface area (Å²) in [7, 11) is 0. The summed E-state index contributed by atoms with van der Waals surface area (Å²) in [5.74, 6) is 0.682. The molecular weight excluding hydrogens is 408 g/mol.